The molecule has 0 saturated heterocycles. The number of nitrogens with zero attached hydrogens (tertiary/aromatic N) is 2. The van der Waals surface area contributed by atoms with Gasteiger partial charge in [0.25, 0.3) is 0 Å². The lowest BCUT2D eigenvalue weighted by Gasteiger charge is -2.16. The van der Waals surface area contributed by atoms with Gasteiger partial charge in [-0.05, 0) is 44.0 Å². The Morgan fingerprint density at radius 2 is 2.10 bits per heavy atom. The van der Waals surface area contributed by atoms with Crippen LogP contribution < -0.4 is 5.73 Å². The van der Waals surface area contributed by atoms with E-state index in [0.29, 0.717) is 6.42 Å². The average Bonchev–Trinajstić information content (AvgIpc) is 2.69. The SMILES string of the molecule is CCn1nc(C)c(Cl)c1CC(N)c1cc(Br)ccc1C. The molecule has 1 unspecified atom stereocenters. The summed E-state index contributed by atoms with van der Waals surface area (Å²) in [5.41, 5.74) is 10.6. The third-order valence-electron chi connectivity index (χ3n) is 3.51. The number of nitrogens with two attached hydrogens (primary N) is 1. The molecule has 1 atom stereocenters. The van der Waals surface area contributed by atoms with Crippen LogP contribution in [0.3, 0.4) is 0 Å². The molecule has 1 aromatic carbocycles. The van der Waals surface area contributed by atoms with E-state index in [1.165, 1.54) is 5.56 Å². The monoisotopic (exact) mass is 355 g/mol. The van der Waals surface area contributed by atoms with Crippen molar-refractivity contribution in [3.63, 3.8) is 0 Å². The molecule has 0 saturated carbocycles. The van der Waals surface area contributed by atoms with Gasteiger partial charge < -0.3 is 5.73 Å². The fourth-order valence-electron chi connectivity index (χ4n) is 2.39. The zero-order chi connectivity index (χ0) is 14.9. The van der Waals surface area contributed by atoms with Crippen LogP contribution in [0.25, 0.3) is 0 Å². The van der Waals surface area contributed by atoms with Gasteiger partial charge in [0.15, 0.2) is 0 Å². The molecule has 0 aliphatic heterocycles. The van der Waals surface area contributed by atoms with Gasteiger partial charge in [-0.15, -0.1) is 0 Å². The number of aromatic nitrogens is 2. The summed E-state index contributed by atoms with van der Waals surface area (Å²) in [6.07, 6.45) is 0.685. The highest BCUT2D eigenvalue weighted by Crippen LogP contribution is 2.27. The number of halogens is 2. The maximum absolute atomic E-state index is 6.38. The van der Waals surface area contributed by atoms with Crippen molar-refractivity contribution in [1.29, 1.82) is 0 Å². The molecule has 1 heterocycles. The van der Waals surface area contributed by atoms with Crippen LogP contribution in [0, 0.1) is 13.8 Å². The van der Waals surface area contributed by atoms with Gasteiger partial charge >= 0.3 is 0 Å². The second-order valence-electron chi connectivity index (χ2n) is 4.97. The van der Waals surface area contributed by atoms with E-state index >= 15 is 0 Å². The fourth-order valence-corrected chi connectivity index (χ4v) is 2.98. The molecule has 3 nitrogen and oxygen atoms in total. The van der Waals surface area contributed by atoms with E-state index in [9.17, 15) is 0 Å². The van der Waals surface area contributed by atoms with Crippen molar-refractivity contribution in [2.45, 2.75) is 39.8 Å². The first kappa shape index (κ1) is 15.5. The zero-order valence-electron chi connectivity index (χ0n) is 12.0. The third kappa shape index (κ3) is 3.08. The molecule has 0 radical (unpaired) electrons. The minimum Gasteiger partial charge on any atom is -0.324 e. The second-order valence-corrected chi connectivity index (χ2v) is 6.27. The first-order valence-corrected chi connectivity index (χ1v) is 7.84. The van der Waals surface area contributed by atoms with Gasteiger partial charge in [-0.25, -0.2) is 0 Å². The minimum absolute atomic E-state index is 0.0913. The largest absolute Gasteiger partial charge is 0.324 e. The van der Waals surface area contributed by atoms with Crippen molar-refractivity contribution < 1.29 is 0 Å². The molecule has 1 aromatic heterocycles. The lowest BCUT2D eigenvalue weighted by Crippen LogP contribution is -2.17. The van der Waals surface area contributed by atoms with E-state index in [2.05, 4.69) is 47.0 Å². The van der Waals surface area contributed by atoms with E-state index in [0.717, 1.165) is 33.0 Å². The average molecular weight is 357 g/mol. The third-order valence-corrected chi connectivity index (χ3v) is 4.49. The zero-order valence-corrected chi connectivity index (χ0v) is 14.3. The fraction of sp³-hybridized carbons (Fsp3) is 0.400. The summed E-state index contributed by atoms with van der Waals surface area (Å²) in [5, 5.41) is 5.17. The van der Waals surface area contributed by atoms with E-state index in [1.807, 2.05) is 17.7 Å². The standard InChI is InChI=1S/C15H19BrClN3/c1-4-20-14(15(17)10(3)19-20)8-13(18)12-7-11(16)6-5-9(12)2/h5-7,13H,4,8,18H2,1-3H3. The van der Waals surface area contributed by atoms with E-state index in [4.69, 9.17) is 17.3 Å². The number of hydrogen-bond acceptors (Lipinski definition) is 2. The first-order chi connectivity index (χ1) is 9.43. The van der Waals surface area contributed by atoms with Crippen LogP contribution in [0.4, 0.5) is 0 Å². The smallest absolute Gasteiger partial charge is 0.0847 e. The summed E-state index contributed by atoms with van der Waals surface area (Å²) in [4.78, 5) is 0. The predicted molar refractivity (Wildman–Crippen MR) is 87.2 cm³/mol. The highest BCUT2D eigenvalue weighted by molar-refractivity contribution is 9.10. The van der Waals surface area contributed by atoms with Crippen LogP contribution in [0.1, 0.15) is 35.5 Å². The molecule has 0 aliphatic rings. The maximum atomic E-state index is 6.38. The van der Waals surface area contributed by atoms with Crippen molar-refractivity contribution in [2.75, 3.05) is 0 Å². The Kier molecular flexibility index (Phi) is 4.89. The molecule has 0 spiro atoms. The topological polar surface area (TPSA) is 43.8 Å². The second kappa shape index (κ2) is 6.29. The number of hydrogen-bond donors (Lipinski definition) is 1. The Labute approximate surface area is 133 Å². The van der Waals surface area contributed by atoms with Crippen LogP contribution in [0.2, 0.25) is 5.02 Å². The first-order valence-electron chi connectivity index (χ1n) is 6.67. The van der Waals surface area contributed by atoms with Crippen molar-refractivity contribution in [1.82, 2.24) is 9.78 Å². The van der Waals surface area contributed by atoms with Crippen molar-refractivity contribution >= 4 is 27.5 Å². The summed E-state index contributed by atoms with van der Waals surface area (Å²) in [6.45, 7) is 6.86. The van der Waals surface area contributed by atoms with E-state index in [1.54, 1.807) is 0 Å². The van der Waals surface area contributed by atoms with E-state index in [-0.39, 0.29) is 6.04 Å². The highest BCUT2D eigenvalue weighted by Gasteiger charge is 2.18. The Balaban J connectivity index is 2.32. The van der Waals surface area contributed by atoms with Gasteiger partial charge in [0.1, 0.15) is 0 Å². The Morgan fingerprint density at radius 1 is 1.40 bits per heavy atom. The van der Waals surface area contributed by atoms with Crippen LogP contribution in [0.15, 0.2) is 22.7 Å². The van der Waals surface area contributed by atoms with Crippen molar-refractivity contribution in [3.8, 4) is 0 Å². The van der Waals surface area contributed by atoms with Crippen LogP contribution in [-0.2, 0) is 13.0 Å². The number of aryl methyl sites for hydroxylation is 3. The molecule has 2 N–H and O–H groups in total. The highest BCUT2D eigenvalue weighted by atomic mass is 79.9. The molecule has 20 heavy (non-hydrogen) atoms. The molecule has 108 valence electrons. The van der Waals surface area contributed by atoms with Gasteiger partial charge in [0.2, 0.25) is 0 Å². The van der Waals surface area contributed by atoms with Crippen LogP contribution >= 0.6 is 27.5 Å². The lowest BCUT2D eigenvalue weighted by molar-refractivity contribution is 0.586. The Morgan fingerprint density at radius 3 is 2.75 bits per heavy atom. The molecule has 2 rings (SSSR count). The van der Waals surface area contributed by atoms with Crippen LogP contribution in [-0.4, -0.2) is 9.78 Å². The summed E-state index contributed by atoms with van der Waals surface area (Å²) >= 11 is 9.84. The summed E-state index contributed by atoms with van der Waals surface area (Å²) < 4.78 is 2.98. The van der Waals surface area contributed by atoms with Crippen molar-refractivity contribution in [2.24, 2.45) is 5.73 Å². The van der Waals surface area contributed by atoms with Gasteiger partial charge in [0.05, 0.1) is 16.4 Å². The molecule has 0 bridgehead atoms. The normalized spacial score (nSPS) is 12.7. The molecular formula is C15H19BrClN3. The van der Waals surface area contributed by atoms with Crippen molar-refractivity contribution in [3.05, 3.63) is 50.2 Å². The summed E-state index contributed by atoms with van der Waals surface area (Å²) in [7, 11) is 0. The quantitative estimate of drug-likeness (QED) is 0.893. The molecule has 5 heteroatoms. The predicted octanol–water partition coefficient (Wildman–Crippen LogP) is 4.18. The van der Waals surface area contributed by atoms with Gasteiger partial charge in [-0.1, -0.05) is 33.6 Å². The van der Waals surface area contributed by atoms with Gasteiger partial charge in [-0.2, -0.15) is 5.10 Å². The minimum atomic E-state index is -0.0913. The van der Waals surface area contributed by atoms with E-state index < -0.39 is 0 Å². The molecular weight excluding hydrogens is 338 g/mol. The molecule has 0 amide bonds. The Hall–Kier alpha value is -0.840. The lowest BCUT2D eigenvalue weighted by atomic mass is 9.98. The molecule has 2 aromatic rings. The number of rotatable bonds is 4. The summed E-state index contributed by atoms with van der Waals surface area (Å²) in [6, 6.07) is 6.08. The Bertz CT molecular complexity index is 622. The summed E-state index contributed by atoms with van der Waals surface area (Å²) in [5.74, 6) is 0. The molecule has 0 aliphatic carbocycles. The van der Waals surface area contributed by atoms with Gasteiger partial charge in [-0.3, -0.25) is 4.68 Å². The maximum Gasteiger partial charge on any atom is 0.0847 e. The number of benzene rings is 1. The van der Waals surface area contributed by atoms with Gasteiger partial charge in [0, 0.05) is 23.5 Å². The van der Waals surface area contributed by atoms with Crippen LogP contribution in [0.5, 0.6) is 0 Å². The molecule has 0 fully saturated rings.